The number of carbonyl (C=O) groups is 2. The Bertz CT molecular complexity index is 1070. The fourth-order valence-electron chi connectivity index (χ4n) is 3.78. The summed E-state index contributed by atoms with van der Waals surface area (Å²) in [5.41, 5.74) is 1.66. The highest BCUT2D eigenvalue weighted by atomic mass is 35.5. The van der Waals surface area contributed by atoms with Crippen LogP contribution >= 0.6 is 22.9 Å². The third-order valence-electron chi connectivity index (χ3n) is 5.41. The van der Waals surface area contributed by atoms with Crippen molar-refractivity contribution < 1.29 is 9.59 Å². The van der Waals surface area contributed by atoms with Crippen molar-refractivity contribution in [3.8, 4) is 5.69 Å². The van der Waals surface area contributed by atoms with E-state index in [0.717, 1.165) is 53.8 Å². The monoisotopic (exact) mass is 444 g/mol. The normalized spacial score (nSPS) is 14.9. The molecule has 0 saturated carbocycles. The zero-order valence-electron chi connectivity index (χ0n) is 17.0. The summed E-state index contributed by atoms with van der Waals surface area (Å²) in [6.45, 7) is 4.02. The van der Waals surface area contributed by atoms with Crippen LogP contribution in [0.15, 0.2) is 30.3 Å². The highest BCUT2D eigenvalue weighted by Gasteiger charge is 2.19. The first-order chi connectivity index (χ1) is 14.5. The van der Waals surface area contributed by atoms with Crippen molar-refractivity contribution in [3.63, 3.8) is 0 Å². The number of amides is 2. The highest BCUT2D eigenvalue weighted by molar-refractivity contribution is 7.20. The molecule has 3 aromatic rings. The van der Waals surface area contributed by atoms with Crippen LogP contribution in [0.25, 0.3) is 15.9 Å². The van der Waals surface area contributed by atoms with Gasteiger partial charge in [0.15, 0.2) is 0 Å². The Morgan fingerprint density at radius 3 is 2.93 bits per heavy atom. The maximum Gasteiger partial charge on any atom is 0.261 e. The molecule has 0 radical (unpaired) electrons. The van der Waals surface area contributed by atoms with Gasteiger partial charge in [0, 0.05) is 31.4 Å². The fourth-order valence-corrected chi connectivity index (χ4v) is 5.09. The second kappa shape index (κ2) is 9.18. The number of fused-ring (bicyclic) bond motifs is 1. The number of thiophene rings is 1. The van der Waals surface area contributed by atoms with Gasteiger partial charge in [-0.2, -0.15) is 5.10 Å². The summed E-state index contributed by atoms with van der Waals surface area (Å²) in [7, 11) is 0. The Morgan fingerprint density at radius 2 is 2.10 bits per heavy atom. The van der Waals surface area contributed by atoms with Crippen molar-refractivity contribution in [1.82, 2.24) is 20.0 Å². The summed E-state index contributed by atoms with van der Waals surface area (Å²) in [5, 5.41) is 9.16. The van der Waals surface area contributed by atoms with Gasteiger partial charge in [-0.05, 0) is 44.4 Å². The zero-order valence-corrected chi connectivity index (χ0v) is 18.6. The van der Waals surface area contributed by atoms with Crippen molar-refractivity contribution in [2.45, 2.75) is 39.0 Å². The molecule has 0 bridgehead atoms. The van der Waals surface area contributed by atoms with E-state index in [2.05, 4.69) is 10.4 Å². The molecule has 158 valence electrons. The van der Waals surface area contributed by atoms with Crippen molar-refractivity contribution in [2.75, 3.05) is 19.6 Å². The maximum atomic E-state index is 12.7. The quantitative estimate of drug-likeness (QED) is 0.566. The molecule has 2 aromatic heterocycles. The molecule has 0 aliphatic carbocycles. The Balaban J connectivity index is 1.41. The molecule has 0 unspecified atom stereocenters. The number of nitrogens with zero attached hydrogens (tertiary/aromatic N) is 3. The number of benzene rings is 1. The van der Waals surface area contributed by atoms with Gasteiger partial charge in [0.2, 0.25) is 5.91 Å². The molecule has 6 nitrogen and oxygen atoms in total. The number of halogens is 1. The first-order valence-electron chi connectivity index (χ1n) is 10.3. The van der Waals surface area contributed by atoms with Crippen LogP contribution in [-0.4, -0.2) is 46.1 Å². The second-order valence-electron chi connectivity index (χ2n) is 7.58. The number of aryl methyl sites for hydroxylation is 1. The Labute approximate surface area is 184 Å². The fraction of sp³-hybridized carbons (Fsp3) is 0.409. The SMILES string of the molecule is Cc1nn(-c2ccccc2Cl)c2sc(C(=O)NCCCN3CCCCCC3=O)cc12. The van der Waals surface area contributed by atoms with E-state index in [1.807, 2.05) is 42.2 Å². The van der Waals surface area contributed by atoms with E-state index in [-0.39, 0.29) is 11.8 Å². The first-order valence-corrected chi connectivity index (χ1v) is 11.5. The van der Waals surface area contributed by atoms with Crippen molar-refractivity contribution in [1.29, 1.82) is 0 Å². The van der Waals surface area contributed by atoms with E-state index in [1.54, 1.807) is 4.68 Å². The van der Waals surface area contributed by atoms with E-state index < -0.39 is 0 Å². The Hall–Kier alpha value is -2.38. The molecule has 0 spiro atoms. The summed E-state index contributed by atoms with van der Waals surface area (Å²) >= 11 is 7.75. The summed E-state index contributed by atoms with van der Waals surface area (Å²) in [4.78, 5) is 28.2. The van der Waals surface area contributed by atoms with E-state index in [9.17, 15) is 9.59 Å². The molecular weight excluding hydrogens is 420 g/mol. The molecule has 30 heavy (non-hydrogen) atoms. The van der Waals surface area contributed by atoms with Crippen LogP contribution in [0.2, 0.25) is 5.02 Å². The number of nitrogens with one attached hydrogen (secondary N) is 1. The second-order valence-corrected chi connectivity index (χ2v) is 9.02. The summed E-state index contributed by atoms with van der Waals surface area (Å²) in [6, 6.07) is 9.43. The van der Waals surface area contributed by atoms with Gasteiger partial charge in [0.05, 0.1) is 21.3 Å². The number of para-hydroxylation sites is 1. The average molecular weight is 445 g/mol. The van der Waals surface area contributed by atoms with Gasteiger partial charge >= 0.3 is 0 Å². The van der Waals surface area contributed by atoms with Crippen molar-refractivity contribution in [3.05, 3.63) is 45.9 Å². The van der Waals surface area contributed by atoms with Crippen LogP contribution in [0.1, 0.15) is 47.5 Å². The van der Waals surface area contributed by atoms with Gasteiger partial charge in [-0.1, -0.05) is 30.2 Å². The Morgan fingerprint density at radius 1 is 1.27 bits per heavy atom. The van der Waals surface area contributed by atoms with Gasteiger partial charge < -0.3 is 10.2 Å². The number of likely N-dealkylation sites (tertiary alicyclic amines) is 1. The predicted octanol–water partition coefficient (Wildman–Crippen LogP) is 4.57. The van der Waals surface area contributed by atoms with Crippen molar-refractivity contribution >= 4 is 45.0 Å². The number of aromatic nitrogens is 2. The van der Waals surface area contributed by atoms with Crippen LogP contribution in [0.5, 0.6) is 0 Å². The largest absolute Gasteiger partial charge is 0.351 e. The molecule has 0 atom stereocenters. The lowest BCUT2D eigenvalue weighted by molar-refractivity contribution is -0.130. The van der Waals surface area contributed by atoms with Gasteiger partial charge in [0.1, 0.15) is 4.83 Å². The molecule has 3 heterocycles. The molecule has 1 aliphatic heterocycles. The lowest BCUT2D eigenvalue weighted by Gasteiger charge is -2.20. The molecule has 4 rings (SSSR count). The maximum absolute atomic E-state index is 12.7. The minimum absolute atomic E-state index is 0.0940. The molecule has 1 saturated heterocycles. The highest BCUT2D eigenvalue weighted by Crippen LogP contribution is 2.32. The minimum Gasteiger partial charge on any atom is -0.351 e. The number of hydrogen-bond acceptors (Lipinski definition) is 4. The van der Waals surface area contributed by atoms with Gasteiger partial charge in [0.25, 0.3) is 5.91 Å². The molecule has 2 amide bonds. The summed E-state index contributed by atoms with van der Waals surface area (Å²) in [6.07, 6.45) is 4.59. The van der Waals surface area contributed by atoms with Crippen LogP contribution in [0, 0.1) is 6.92 Å². The molecule has 1 aromatic carbocycles. The summed E-state index contributed by atoms with van der Waals surface area (Å²) in [5.74, 6) is 0.145. The van der Waals surface area contributed by atoms with Gasteiger partial charge in [-0.25, -0.2) is 4.68 Å². The third kappa shape index (κ3) is 4.37. The molecule has 1 fully saturated rings. The standard InChI is InChI=1S/C22H25ClN4O2S/c1-15-16-14-19(30-22(16)27(25-15)18-9-5-4-8-17(18)23)21(29)24-11-7-13-26-12-6-2-3-10-20(26)28/h4-5,8-9,14H,2-3,6-7,10-13H2,1H3,(H,24,29). The van der Waals surface area contributed by atoms with Crippen LogP contribution in [0.3, 0.4) is 0 Å². The van der Waals surface area contributed by atoms with Gasteiger partial charge in [-0.15, -0.1) is 11.3 Å². The third-order valence-corrected chi connectivity index (χ3v) is 6.84. The van der Waals surface area contributed by atoms with E-state index in [4.69, 9.17) is 11.6 Å². The van der Waals surface area contributed by atoms with Crippen LogP contribution in [-0.2, 0) is 4.79 Å². The first kappa shape index (κ1) is 20.9. The number of hydrogen-bond donors (Lipinski definition) is 1. The molecular formula is C22H25ClN4O2S. The minimum atomic E-state index is -0.0940. The van der Waals surface area contributed by atoms with Gasteiger partial charge in [-0.3, -0.25) is 9.59 Å². The summed E-state index contributed by atoms with van der Waals surface area (Å²) < 4.78 is 1.80. The molecule has 1 N–H and O–H groups in total. The Kier molecular flexibility index (Phi) is 6.39. The lowest BCUT2D eigenvalue weighted by Crippen LogP contribution is -2.33. The zero-order chi connectivity index (χ0) is 21.1. The topological polar surface area (TPSA) is 67.2 Å². The van der Waals surface area contributed by atoms with Crippen LogP contribution in [0.4, 0.5) is 0 Å². The molecule has 1 aliphatic rings. The lowest BCUT2D eigenvalue weighted by atomic mass is 10.2. The predicted molar refractivity (Wildman–Crippen MR) is 121 cm³/mol. The average Bonchev–Trinajstić information content (AvgIpc) is 3.23. The van der Waals surface area contributed by atoms with Crippen molar-refractivity contribution in [2.24, 2.45) is 0 Å². The van der Waals surface area contributed by atoms with Crippen LogP contribution < -0.4 is 5.32 Å². The van der Waals surface area contributed by atoms with E-state index in [1.165, 1.54) is 11.3 Å². The van der Waals surface area contributed by atoms with E-state index >= 15 is 0 Å². The smallest absolute Gasteiger partial charge is 0.261 e. The number of rotatable bonds is 6. The van der Waals surface area contributed by atoms with E-state index in [0.29, 0.717) is 29.4 Å². The molecule has 8 heteroatoms. The number of carbonyl (C=O) groups excluding carboxylic acids is 2.